The Morgan fingerprint density at radius 2 is 1.82 bits per heavy atom. The number of halogens is 4. The maximum atomic E-state index is 13.2. The van der Waals surface area contributed by atoms with Crippen molar-refractivity contribution in [3.63, 3.8) is 0 Å². The van der Waals surface area contributed by atoms with Gasteiger partial charge in [0.05, 0.1) is 18.8 Å². The summed E-state index contributed by atoms with van der Waals surface area (Å²) in [7, 11) is 0. The summed E-state index contributed by atoms with van der Waals surface area (Å²) in [4.78, 5) is 8.00. The van der Waals surface area contributed by atoms with Crippen molar-refractivity contribution >= 4 is 17.5 Å². The molecule has 1 aromatic carbocycles. The first kappa shape index (κ1) is 21.8. The lowest BCUT2D eigenvalue weighted by Crippen LogP contribution is -2.34. The molecule has 0 radical (unpaired) electrons. The number of piperidine rings is 1. The van der Waals surface area contributed by atoms with Gasteiger partial charge in [-0.15, -0.1) is 10.2 Å². The number of aromatic nitrogens is 5. The van der Waals surface area contributed by atoms with Crippen molar-refractivity contribution < 1.29 is 17.7 Å². The Morgan fingerprint density at radius 1 is 1.03 bits per heavy atom. The quantitative estimate of drug-likeness (QED) is 0.531. The Hall–Kier alpha value is -2.66. The molecule has 2 aliphatic heterocycles. The van der Waals surface area contributed by atoms with Crippen LogP contribution in [0.25, 0.3) is 5.69 Å². The summed E-state index contributed by atoms with van der Waals surface area (Å²) < 4.78 is 46.9. The van der Waals surface area contributed by atoms with Gasteiger partial charge in [0.2, 0.25) is 5.89 Å². The molecule has 1 saturated carbocycles. The summed E-state index contributed by atoms with van der Waals surface area (Å²) >= 11 is 6.19. The molecule has 0 bridgehead atoms. The third-order valence-corrected chi connectivity index (χ3v) is 6.94. The van der Waals surface area contributed by atoms with Crippen molar-refractivity contribution in [1.82, 2.24) is 29.8 Å². The zero-order valence-electron chi connectivity index (χ0n) is 18.3. The molecule has 0 spiro atoms. The highest BCUT2D eigenvalue weighted by atomic mass is 35.5. The van der Waals surface area contributed by atoms with Crippen molar-refractivity contribution in [3.05, 3.63) is 46.3 Å². The van der Waals surface area contributed by atoms with Crippen LogP contribution in [0.4, 0.5) is 19.1 Å². The van der Waals surface area contributed by atoms with E-state index >= 15 is 0 Å². The molecule has 0 N–H and O–H groups in total. The minimum absolute atomic E-state index is 0.0600. The Kier molecular flexibility index (Phi) is 5.29. The van der Waals surface area contributed by atoms with Gasteiger partial charge in [0.15, 0.2) is 5.82 Å². The molecular weight excluding hydrogens is 471 g/mol. The molecule has 0 unspecified atom stereocenters. The van der Waals surface area contributed by atoms with Crippen molar-refractivity contribution in [1.29, 1.82) is 0 Å². The molecule has 1 aliphatic carbocycles. The van der Waals surface area contributed by atoms with Crippen LogP contribution in [-0.2, 0) is 13.1 Å². The van der Waals surface area contributed by atoms with Crippen LogP contribution < -0.4 is 4.90 Å². The minimum Gasteiger partial charge on any atom is -0.338 e. The van der Waals surface area contributed by atoms with Crippen LogP contribution >= 0.6 is 11.6 Å². The molecule has 8 nitrogen and oxygen atoms in total. The Labute approximate surface area is 198 Å². The van der Waals surface area contributed by atoms with E-state index in [9.17, 15) is 13.2 Å². The van der Waals surface area contributed by atoms with E-state index < -0.39 is 12.7 Å². The zero-order chi connectivity index (χ0) is 23.4. The van der Waals surface area contributed by atoms with E-state index in [1.54, 1.807) is 12.1 Å². The van der Waals surface area contributed by atoms with Gasteiger partial charge in [0, 0.05) is 36.5 Å². The van der Waals surface area contributed by atoms with Crippen LogP contribution in [-0.4, -0.2) is 55.6 Å². The van der Waals surface area contributed by atoms with Crippen LogP contribution in [0.3, 0.4) is 0 Å². The molecule has 12 heteroatoms. The SMILES string of the molecule is FC(F)(F)CN1Cc2cc(Cl)ccc2-n2c(nnc2C2CCN(c3noc(C4CC4)n3)CC2)C1. The second-order valence-electron chi connectivity index (χ2n) is 9.31. The van der Waals surface area contributed by atoms with Gasteiger partial charge in [-0.3, -0.25) is 9.47 Å². The number of benzene rings is 1. The minimum atomic E-state index is -4.31. The number of anilines is 1. The summed E-state index contributed by atoms with van der Waals surface area (Å²) in [6, 6.07) is 5.33. The van der Waals surface area contributed by atoms with Crippen LogP contribution in [0.1, 0.15) is 60.6 Å². The maximum Gasteiger partial charge on any atom is 0.401 e. The highest BCUT2D eigenvalue weighted by Gasteiger charge is 2.36. The lowest BCUT2D eigenvalue weighted by atomic mass is 9.96. The van der Waals surface area contributed by atoms with E-state index in [2.05, 4.69) is 25.2 Å². The highest BCUT2D eigenvalue weighted by molar-refractivity contribution is 6.30. The third-order valence-electron chi connectivity index (χ3n) is 6.70. The van der Waals surface area contributed by atoms with Crippen LogP contribution in [0.5, 0.6) is 0 Å². The normalized spacial score (nSPS) is 19.7. The van der Waals surface area contributed by atoms with Crippen molar-refractivity contribution in [2.45, 2.75) is 56.8 Å². The number of rotatable bonds is 4. The summed E-state index contributed by atoms with van der Waals surface area (Å²) in [6.45, 7) is 0.656. The van der Waals surface area contributed by atoms with Gasteiger partial charge >= 0.3 is 6.18 Å². The Balaban J connectivity index is 1.26. The monoisotopic (exact) mass is 493 g/mol. The molecule has 34 heavy (non-hydrogen) atoms. The number of hydrogen-bond acceptors (Lipinski definition) is 7. The first-order valence-corrected chi connectivity index (χ1v) is 11.8. The number of hydrogen-bond donors (Lipinski definition) is 0. The van der Waals surface area contributed by atoms with E-state index in [4.69, 9.17) is 16.1 Å². The smallest absolute Gasteiger partial charge is 0.338 e. The summed E-state index contributed by atoms with van der Waals surface area (Å²) in [5, 5.41) is 13.4. The van der Waals surface area contributed by atoms with Gasteiger partial charge in [-0.1, -0.05) is 11.6 Å². The van der Waals surface area contributed by atoms with E-state index in [0.29, 0.717) is 22.7 Å². The standard InChI is InChI=1S/C22H23ClF3N7O/c23-16-3-4-17-15(9-16)10-31(12-22(24,25)26)11-18-28-29-19(33(17)18)13-5-7-32(8-6-13)21-27-20(34-30-21)14-1-2-14/h3-4,9,13-14H,1-2,5-8,10-12H2. The third kappa shape index (κ3) is 4.26. The first-order valence-electron chi connectivity index (χ1n) is 11.4. The fraction of sp³-hybridized carbons (Fsp3) is 0.545. The lowest BCUT2D eigenvalue weighted by molar-refractivity contribution is -0.148. The molecule has 2 fully saturated rings. The summed E-state index contributed by atoms with van der Waals surface area (Å²) in [6.07, 6.45) is -0.483. The molecule has 2 aromatic heterocycles. The van der Waals surface area contributed by atoms with Crippen LogP contribution in [0.2, 0.25) is 5.02 Å². The molecular formula is C22H23ClF3N7O. The van der Waals surface area contributed by atoms with Gasteiger partial charge < -0.3 is 9.42 Å². The number of nitrogens with zero attached hydrogens (tertiary/aromatic N) is 7. The highest BCUT2D eigenvalue weighted by Crippen LogP contribution is 2.40. The predicted octanol–water partition coefficient (Wildman–Crippen LogP) is 4.44. The molecule has 0 amide bonds. The van der Waals surface area contributed by atoms with Gasteiger partial charge in [-0.25, -0.2) is 0 Å². The molecule has 6 rings (SSSR count). The van der Waals surface area contributed by atoms with Crippen LogP contribution in [0, 0.1) is 0 Å². The van der Waals surface area contributed by atoms with Crippen molar-refractivity contribution in [3.8, 4) is 5.69 Å². The fourth-order valence-corrected chi connectivity index (χ4v) is 5.10. The van der Waals surface area contributed by atoms with Gasteiger partial charge in [0.25, 0.3) is 5.95 Å². The maximum absolute atomic E-state index is 13.2. The topological polar surface area (TPSA) is 76.1 Å². The molecule has 4 heterocycles. The second kappa shape index (κ2) is 8.23. The van der Waals surface area contributed by atoms with E-state index in [1.807, 2.05) is 10.6 Å². The molecule has 0 atom stereocenters. The summed E-state index contributed by atoms with van der Waals surface area (Å²) in [5.74, 6) is 3.16. The van der Waals surface area contributed by atoms with E-state index in [-0.39, 0.29) is 19.0 Å². The molecule has 1 saturated heterocycles. The van der Waals surface area contributed by atoms with Gasteiger partial charge in [-0.05, 0) is 54.6 Å². The molecule has 180 valence electrons. The number of fused-ring (bicyclic) bond motifs is 3. The zero-order valence-corrected chi connectivity index (χ0v) is 19.1. The lowest BCUT2D eigenvalue weighted by Gasteiger charge is -2.30. The molecule has 3 aliphatic rings. The average molecular weight is 494 g/mol. The predicted molar refractivity (Wildman–Crippen MR) is 117 cm³/mol. The average Bonchev–Trinajstić information content (AvgIpc) is 3.41. The molecule has 3 aromatic rings. The van der Waals surface area contributed by atoms with E-state index in [1.165, 1.54) is 4.90 Å². The van der Waals surface area contributed by atoms with Crippen LogP contribution in [0.15, 0.2) is 22.7 Å². The largest absolute Gasteiger partial charge is 0.401 e. The van der Waals surface area contributed by atoms with Crippen molar-refractivity contribution in [2.75, 3.05) is 24.5 Å². The summed E-state index contributed by atoms with van der Waals surface area (Å²) in [5.41, 5.74) is 1.52. The van der Waals surface area contributed by atoms with E-state index in [0.717, 1.165) is 61.7 Å². The van der Waals surface area contributed by atoms with Gasteiger partial charge in [-0.2, -0.15) is 18.2 Å². The Morgan fingerprint density at radius 3 is 2.56 bits per heavy atom. The van der Waals surface area contributed by atoms with Gasteiger partial charge in [0.1, 0.15) is 5.82 Å². The van der Waals surface area contributed by atoms with Crippen molar-refractivity contribution in [2.24, 2.45) is 0 Å². The fourth-order valence-electron chi connectivity index (χ4n) is 4.91. The second-order valence-corrected chi connectivity index (χ2v) is 9.75. The first-order chi connectivity index (χ1) is 16.3. The number of alkyl halides is 3. The Bertz CT molecular complexity index is 1200.